The van der Waals surface area contributed by atoms with Gasteiger partial charge in [-0.2, -0.15) is 0 Å². The summed E-state index contributed by atoms with van der Waals surface area (Å²) in [5.41, 5.74) is 16.4. The highest BCUT2D eigenvalue weighted by atomic mass is 16.3. The number of hydrogen-bond acceptors (Lipinski definition) is 2. The predicted molar refractivity (Wildman–Crippen MR) is 226 cm³/mol. The molecule has 256 valence electrons. The molecule has 0 atom stereocenters. The van der Waals surface area contributed by atoms with Gasteiger partial charge in [0.2, 0.25) is 0 Å². The van der Waals surface area contributed by atoms with Gasteiger partial charge < -0.3 is 13.9 Å². The van der Waals surface area contributed by atoms with Gasteiger partial charge in [-0.3, -0.25) is 0 Å². The van der Waals surface area contributed by atoms with Crippen LogP contribution in [-0.4, -0.2) is 4.57 Å². The number of hydrogen-bond donors (Lipinski definition) is 0. The first-order chi connectivity index (χ1) is 26.5. The topological polar surface area (TPSA) is 21.3 Å². The van der Waals surface area contributed by atoms with Crippen molar-refractivity contribution >= 4 is 60.8 Å². The Bertz CT molecular complexity index is 3070. The van der Waals surface area contributed by atoms with Crippen molar-refractivity contribution in [2.75, 3.05) is 4.90 Å². The Kier molecular flexibility index (Phi) is 6.60. The lowest BCUT2D eigenvalue weighted by Gasteiger charge is -2.27. The molecule has 54 heavy (non-hydrogen) atoms. The van der Waals surface area contributed by atoms with E-state index in [1.165, 1.54) is 55.2 Å². The van der Waals surface area contributed by atoms with Crippen LogP contribution >= 0.6 is 0 Å². The zero-order valence-corrected chi connectivity index (χ0v) is 30.1. The largest absolute Gasteiger partial charge is 0.456 e. The fourth-order valence-electron chi connectivity index (χ4n) is 9.13. The first-order valence-corrected chi connectivity index (χ1v) is 18.7. The summed E-state index contributed by atoms with van der Waals surface area (Å²) in [7, 11) is 0. The van der Waals surface area contributed by atoms with Crippen LogP contribution in [0.25, 0.3) is 71.7 Å². The summed E-state index contributed by atoms with van der Waals surface area (Å²) in [6, 6.07) is 65.8. The van der Waals surface area contributed by atoms with Gasteiger partial charge >= 0.3 is 0 Å². The molecule has 11 rings (SSSR count). The van der Waals surface area contributed by atoms with E-state index in [-0.39, 0.29) is 5.41 Å². The van der Waals surface area contributed by atoms with E-state index >= 15 is 0 Å². The lowest BCUT2D eigenvalue weighted by atomic mass is 9.79. The molecule has 8 aromatic carbocycles. The Balaban J connectivity index is 1.09. The van der Waals surface area contributed by atoms with E-state index in [9.17, 15) is 0 Å². The highest BCUT2D eigenvalue weighted by Crippen LogP contribution is 2.52. The first kappa shape index (κ1) is 30.8. The van der Waals surface area contributed by atoms with Crippen LogP contribution in [-0.2, 0) is 5.41 Å². The zero-order chi connectivity index (χ0) is 36.0. The summed E-state index contributed by atoms with van der Waals surface area (Å²) in [5.74, 6) is 0. The van der Waals surface area contributed by atoms with E-state index < -0.39 is 0 Å². The molecule has 0 radical (unpaired) electrons. The number of benzene rings is 8. The molecule has 0 aliphatic heterocycles. The van der Waals surface area contributed by atoms with Gasteiger partial charge in [-0.25, -0.2) is 0 Å². The Morgan fingerprint density at radius 1 is 0.444 bits per heavy atom. The van der Waals surface area contributed by atoms with E-state index in [4.69, 9.17) is 4.42 Å². The van der Waals surface area contributed by atoms with Crippen molar-refractivity contribution in [1.29, 1.82) is 0 Å². The molecule has 1 aliphatic carbocycles. The number of rotatable bonds is 5. The summed E-state index contributed by atoms with van der Waals surface area (Å²) >= 11 is 0. The van der Waals surface area contributed by atoms with Crippen LogP contribution in [0.2, 0.25) is 0 Å². The SMILES string of the molecule is CC1(C)c2ccccc2-c2cccc(-c3ccc(N(c4ccc5c(c4)oc4ccccc45)c4ccc5c(c4)c4ccccc4n5-c4ccccc4)cc3)c21. The lowest BCUT2D eigenvalue weighted by Crippen LogP contribution is -2.16. The van der Waals surface area contributed by atoms with Crippen LogP contribution in [0.3, 0.4) is 0 Å². The molecular formula is C51H36N2O. The average Bonchev–Trinajstić information content (AvgIpc) is 3.84. The molecule has 2 heterocycles. The van der Waals surface area contributed by atoms with Gasteiger partial charge in [-0.15, -0.1) is 0 Å². The van der Waals surface area contributed by atoms with Crippen molar-refractivity contribution in [1.82, 2.24) is 4.57 Å². The molecule has 1 aliphatic rings. The summed E-state index contributed by atoms with van der Waals surface area (Å²) in [6.45, 7) is 4.72. The normalized spacial score (nSPS) is 13.1. The highest BCUT2D eigenvalue weighted by Gasteiger charge is 2.37. The molecule has 0 saturated heterocycles. The van der Waals surface area contributed by atoms with E-state index in [0.29, 0.717) is 0 Å². The molecule has 0 unspecified atom stereocenters. The van der Waals surface area contributed by atoms with E-state index in [0.717, 1.165) is 44.7 Å². The van der Waals surface area contributed by atoms with Crippen LogP contribution in [0, 0.1) is 0 Å². The van der Waals surface area contributed by atoms with Gasteiger partial charge in [-0.1, -0.05) is 123 Å². The number of furan rings is 1. The maximum Gasteiger partial charge on any atom is 0.137 e. The standard InChI is InChI=1S/C51H36N2O/c1-51(2)45-20-9-6-15-39(45)43-19-12-18-38(50(43)51)33-23-25-35(26-24-33)52(37-27-29-42-41-17-8-11-22-48(41)54-49(42)32-37)36-28-30-47-44(31-36)40-16-7-10-21-46(40)53(47)34-13-4-3-5-14-34/h3-32H,1-2H3. The number of fused-ring (bicyclic) bond motifs is 9. The Labute approximate surface area is 314 Å². The van der Waals surface area contributed by atoms with Gasteiger partial charge in [0.05, 0.1) is 11.0 Å². The van der Waals surface area contributed by atoms with Crippen LogP contribution in [0.15, 0.2) is 186 Å². The van der Waals surface area contributed by atoms with E-state index in [1.54, 1.807) is 0 Å². The van der Waals surface area contributed by atoms with Crippen molar-refractivity contribution in [3.63, 3.8) is 0 Å². The average molecular weight is 693 g/mol. The van der Waals surface area contributed by atoms with Gasteiger partial charge in [0.1, 0.15) is 11.2 Å². The second-order valence-electron chi connectivity index (χ2n) is 14.9. The summed E-state index contributed by atoms with van der Waals surface area (Å²) < 4.78 is 8.80. The minimum Gasteiger partial charge on any atom is -0.456 e. The van der Waals surface area contributed by atoms with Crippen LogP contribution in [0.4, 0.5) is 17.1 Å². The number of aromatic nitrogens is 1. The zero-order valence-electron chi connectivity index (χ0n) is 30.1. The second kappa shape index (κ2) is 11.6. The quantitative estimate of drug-likeness (QED) is 0.179. The molecule has 3 nitrogen and oxygen atoms in total. The predicted octanol–water partition coefficient (Wildman–Crippen LogP) is 14.1. The van der Waals surface area contributed by atoms with Crippen LogP contribution in [0.5, 0.6) is 0 Å². The summed E-state index contributed by atoms with van der Waals surface area (Å²) in [6.07, 6.45) is 0. The van der Waals surface area contributed by atoms with Gasteiger partial charge in [0.15, 0.2) is 0 Å². The molecule has 10 aromatic rings. The van der Waals surface area contributed by atoms with Crippen molar-refractivity contribution in [3.8, 4) is 27.9 Å². The third-order valence-corrected chi connectivity index (χ3v) is 11.6. The Morgan fingerprint density at radius 3 is 1.94 bits per heavy atom. The van der Waals surface area contributed by atoms with Crippen LogP contribution in [0.1, 0.15) is 25.0 Å². The van der Waals surface area contributed by atoms with Crippen molar-refractivity contribution in [2.45, 2.75) is 19.3 Å². The van der Waals surface area contributed by atoms with E-state index in [1.807, 2.05) is 12.1 Å². The summed E-state index contributed by atoms with van der Waals surface area (Å²) in [4.78, 5) is 2.36. The Morgan fingerprint density at radius 2 is 1.07 bits per heavy atom. The van der Waals surface area contributed by atoms with Crippen LogP contribution < -0.4 is 4.90 Å². The minimum atomic E-state index is -0.0937. The molecule has 0 amide bonds. The highest BCUT2D eigenvalue weighted by molar-refractivity contribution is 6.11. The first-order valence-electron chi connectivity index (χ1n) is 18.7. The van der Waals surface area contributed by atoms with Crippen molar-refractivity contribution < 1.29 is 4.42 Å². The second-order valence-corrected chi connectivity index (χ2v) is 14.9. The van der Waals surface area contributed by atoms with Gasteiger partial charge in [0.25, 0.3) is 0 Å². The minimum absolute atomic E-state index is 0.0937. The Hall–Kier alpha value is -6.84. The maximum atomic E-state index is 6.43. The third kappa shape index (κ3) is 4.48. The number of para-hydroxylation sites is 3. The molecule has 3 heteroatoms. The smallest absolute Gasteiger partial charge is 0.137 e. The fraction of sp³-hybridized carbons (Fsp3) is 0.0588. The van der Waals surface area contributed by atoms with Crippen molar-refractivity contribution in [2.24, 2.45) is 0 Å². The molecule has 0 bridgehead atoms. The molecular weight excluding hydrogens is 657 g/mol. The third-order valence-electron chi connectivity index (χ3n) is 11.6. The molecule has 0 N–H and O–H groups in total. The van der Waals surface area contributed by atoms with Gasteiger partial charge in [-0.05, 0) is 100 Å². The number of nitrogens with zero attached hydrogens (tertiary/aromatic N) is 2. The maximum absolute atomic E-state index is 6.43. The number of anilines is 3. The summed E-state index contributed by atoms with van der Waals surface area (Å²) in [5, 5.41) is 4.68. The van der Waals surface area contributed by atoms with Gasteiger partial charge in [0, 0.05) is 55.8 Å². The lowest BCUT2D eigenvalue weighted by molar-refractivity contribution is 0.662. The molecule has 0 saturated carbocycles. The fourth-order valence-corrected chi connectivity index (χ4v) is 9.13. The molecule has 2 aromatic heterocycles. The molecule has 0 spiro atoms. The monoisotopic (exact) mass is 692 g/mol. The van der Waals surface area contributed by atoms with Crippen molar-refractivity contribution in [3.05, 3.63) is 193 Å². The molecule has 0 fully saturated rings. The van der Waals surface area contributed by atoms with E-state index in [2.05, 4.69) is 193 Å².